The number of benzene rings is 2. The molecule has 4 aromatic rings. The van der Waals surface area contributed by atoms with E-state index in [1.54, 1.807) is 30.3 Å². The van der Waals surface area contributed by atoms with E-state index in [0.29, 0.717) is 28.8 Å². The second-order valence-corrected chi connectivity index (χ2v) is 8.10. The van der Waals surface area contributed by atoms with E-state index in [0.717, 1.165) is 24.3 Å². The van der Waals surface area contributed by atoms with Gasteiger partial charge in [-0.25, -0.2) is 14.6 Å². The molecule has 0 aliphatic carbocycles. The molecule has 33 heavy (non-hydrogen) atoms. The number of hydrogen-bond donors (Lipinski definition) is 1. The van der Waals surface area contributed by atoms with Crippen LogP contribution in [-0.4, -0.2) is 44.5 Å². The van der Waals surface area contributed by atoms with E-state index in [-0.39, 0.29) is 5.91 Å². The van der Waals surface area contributed by atoms with Crippen molar-refractivity contribution in [3.8, 4) is 11.4 Å². The first kappa shape index (κ1) is 22.5. The van der Waals surface area contributed by atoms with Crippen LogP contribution in [0.2, 0.25) is 0 Å². The summed E-state index contributed by atoms with van der Waals surface area (Å²) < 4.78 is 6.92. The molecule has 168 valence electrons. The minimum absolute atomic E-state index is 0.243. The molecule has 0 saturated carbocycles. The van der Waals surface area contributed by atoms with Gasteiger partial charge in [0.1, 0.15) is 5.75 Å². The Kier molecular flexibility index (Phi) is 7.65. The van der Waals surface area contributed by atoms with Crippen molar-refractivity contribution in [2.75, 3.05) is 13.7 Å². The molecule has 0 aliphatic heterocycles. The highest BCUT2D eigenvalue weighted by molar-refractivity contribution is 7.98. The summed E-state index contributed by atoms with van der Waals surface area (Å²) >= 11 is 1.42. The number of methoxy groups -OCH3 is 1. The SMILES string of the molecule is COc1ccc(-n2nnc(C(=O)NCCCc3ccccc3)c2CSc2ncccn2)cc1. The van der Waals surface area contributed by atoms with E-state index in [2.05, 4.69) is 37.7 Å². The molecule has 0 radical (unpaired) electrons. The van der Waals surface area contributed by atoms with E-state index < -0.39 is 0 Å². The van der Waals surface area contributed by atoms with E-state index in [1.165, 1.54) is 17.3 Å². The van der Waals surface area contributed by atoms with Crippen LogP contribution in [-0.2, 0) is 12.2 Å². The summed E-state index contributed by atoms with van der Waals surface area (Å²) in [5, 5.41) is 12.1. The second kappa shape index (κ2) is 11.2. The minimum Gasteiger partial charge on any atom is -0.497 e. The number of aryl methyl sites for hydroxylation is 1. The molecule has 0 atom stereocenters. The Morgan fingerprint density at radius 2 is 1.79 bits per heavy atom. The number of carbonyl (C=O) groups is 1. The highest BCUT2D eigenvalue weighted by Gasteiger charge is 2.21. The molecule has 1 N–H and O–H groups in total. The summed E-state index contributed by atoms with van der Waals surface area (Å²) in [5.41, 5.74) is 3.01. The number of nitrogens with zero attached hydrogens (tertiary/aromatic N) is 5. The molecule has 0 aliphatic rings. The fourth-order valence-electron chi connectivity index (χ4n) is 3.25. The Hall–Kier alpha value is -3.72. The molecular formula is C24H24N6O2S. The van der Waals surface area contributed by atoms with Gasteiger partial charge in [-0.2, -0.15) is 0 Å². The number of ether oxygens (including phenoxy) is 1. The van der Waals surface area contributed by atoms with Crippen molar-refractivity contribution in [1.29, 1.82) is 0 Å². The number of hydrogen-bond acceptors (Lipinski definition) is 7. The zero-order chi connectivity index (χ0) is 22.9. The summed E-state index contributed by atoms with van der Waals surface area (Å²) in [6.07, 6.45) is 5.11. The third-order valence-corrected chi connectivity index (χ3v) is 5.83. The number of amides is 1. The smallest absolute Gasteiger partial charge is 0.273 e. The van der Waals surface area contributed by atoms with Crippen LogP contribution < -0.4 is 10.1 Å². The van der Waals surface area contributed by atoms with Crippen LogP contribution >= 0.6 is 11.8 Å². The summed E-state index contributed by atoms with van der Waals surface area (Å²) in [5.74, 6) is 0.937. The second-order valence-electron chi connectivity index (χ2n) is 7.16. The van der Waals surface area contributed by atoms with Gasteiger partial charge in [0, 0.05) is 24.7 Å². The van der Waals surface area contributed by atoms with Gasteiger partial charge in [-0.05, 0) is 48.7 Å². The van der Waals surface area contributed by atoms with Gasteiger partial charge in [0.05, 0.1) is 18.5 Å². The van der Waals surface area contributed by atoms with E-state index in [4.69, 9.17) is 4.74 Å². The molecule has 9 heteroatoms. The van der Waals surface area contributed by atoms with Crippen molar-refractivity contribution in [3.05, 3.63) is 90.0 Å². The van der Waals surface area contributed by atoms with Crippen LogP contribution in [0.4, 0.5) is 0 Å². The Morgan fingerprint density at radius 3 is 2.52 bits per heavy atom. The first-order chi connectivity index (χ1) is 16.2. The zero-order valence-corrected chi connectivity index (χ0v) is 19.0. The standard InChI is InChI=1S/C24H24N6O2S/c1-32-20-12-10-19(11-13-20)30-21(17-33-24-26-15-6-16-27-24)22(28-29-30)23(31)25-14-5-9-18-7-3-2-4-8-18/h2-4,6-8,10-13,15-16H,5,9,14,17H2,1H3,(H,25,31). The molecule has 1 amide bonds. The van der Waals surface area contributed by atoms with Crippen molar-refractivity contribution in [2.24, 2.45) is 0 Å². The molecule has 0 unspecified atom stereocenters. The molecular weight excluding hydrogens is 436 g/mol. The third-order valence-electron chi connectivity index (χ3n) is 4.95. The normalized spacial score (nSPS) is 10.7. The van der Waals surface area contributed by atoms with Gasteiger partial charge >= 0.3 is 0 Å². The van der Waals surface area contributed by atoms with Crippen LogP contribution in [0.25, 0.3) is 5.69 Å². The summed E-state index contributed by atoms with van der Waals surface area (Å²) in [6, 6.07) is 19.4. The number of nitrogens with one attached hydrogen (secondary N) is 1. The zero-order valence-electron chi connectivity index (χ0n) is 18.2. The highest BCUT2D eigenvalue weighted by Crippen LogP contribution is 2.23. The van der Waals surface area contributed by atoms with Crippen molar-refractivity contribution in [3.63, 3.8) is 0 Å². The molecule has 0 saturated heterocycles. The van der Waals surface area contributed by atoms with Crippen LogP contribution in [0.1, 0.15) is 28.2 Å². The Labute approximate surface area is 196 Å². The van der Waals surface area contributed by atoms with E-state index in [1.807, 2.05) is 42.5 Å². The van der Waals surface area contributed by atoms with Gasteiger partial charge in [-0.1, -0.05) is 47.3 Å². The maximum Gasteiger partial charge on any atom is 0.273 e. The lowest BCUT2D eigenvalue weighted by molar-refractivity contribution is 0.0947. The minimum atomic E-state index is -0.243. The quantitative estimate of drug-likeness (QED) is 0.219. The third kappa shape index (κ3) is 5.95. The topological polar surface area (TPSA) is 94.8 Å². The Bertz CT molecular complexity index is 1170. The molecule has 2 aromatic heterocycles. The van der Waals surface area contributed by atoms with Crippen molar-refractivity contribution < 1.29 is 9.53 Å². The highest BCUT2D eigenvalue weighted by atomic mass is 32.2. The average Bonchev–Trinajstić information content (AvgIpc) is 3.30. The van der Waals surface area contributed by atoms with E-state index >= 15 is 0 Å². The fourth-order valence-corrected chi connectivity index (χ4v) is 4.05. The van der Waals surface area contributed by atoms with Gasteiger partial charge in [-0.15, -0.1) is 5.10 Å². The number of rotatable bonds is 10. The van der Waals surface area contributed by atoms with Crippen LogP contribution in [0.3, 0.4) is 0 Å². The van der Waals surface area contributed by atoms with Crippen molar-refractivity contribution >= 4 is 17.7 Å². The van der Waals surface area contributed by atoms with Gasteiger partial charge in [-0.3, -0.25) is 4.79 Å². The van der Waals surface area contributed by atoms with E-state index in [9.17, 15) is 4.79 Å². The van der Waals surface area contributed by atoms with Gasteiger partial charge in [0.25, 0.3) is 5.91 Å². The molecule has 8 nitrogen and oxygen atoms in total. The van der Waals surface area contributed by atoms with Crippen molar-refractivity contribution in [2.45, 2.75) is 23.8 Å². The van der Waals surface area contributed by atoms with Gasteiger partial charge in [0.2, 0.25) is 0 Å². The molecule has 2 aromatic carbocycles. The first-order valence-electron chi connectivity index (χ1n) is 10.6. The van der Waals surface area contributed by atoms with Gasteiger partial charge in [0.15, 0.2) is 10.9 Å². The lowest BCUT2D eigenvalue weighted by Crippen LogP contribution is -2.26. The monoisotopic (exact) mass is 460 g/mol. The largest absolute Gasteiger partial charge is 0.497 e. The lowest BCUT2D eigenvalue weighted by Gasteiger charge is -2.09. The Balaban J connectivity index is 1.49. The lowest BCUT2D eigenvalue weighted by atomic mass is 10.1. The number of thioether (sulfide) groups is 1. The molecule has 0 spiro atoms. The number of aromatic nitrogens is 5. The Morgan fingerprint density at radius 1 is 1.03 bits per heavy atom. The maximum absolute atomic E-state index is 12.9. The van der Waals surface area contributed by atoms with Gasteiger partial charge < -0.3 is 10.1 Å². The van der Waals surface area contributed by atoms with Crippen LogP contribution in [0.5, 0.6) is 5.75 Å². The maximum atomic E-state index is 12.9. The molecule has 0 fully saturated rings. The molecule has 4 rings (SSSR count). The molecule has 2 heterocycles. The fraction of sp³-hybridized carbons (Fsp3) is 0.208. The predicted molar refractivity (Wildman–Crippen MR) is 127 cm³/mol. The average molecular weight is 461 g/mol. The van der Waals surface area contributed by atoms with Crippen LogP contribution in [0.15, 0.2) is 78.2 Å². The summed E-state index contributed by atoms with van der Waals surface area (Å²) in [7, 11) is 1.62. The number of carbonyl (C=O) groups excluding carboxylic acids is 1. The van der Waals surface area contributed by atoms with Crippen LogP contribution in [0, 0.1) is 0 Å². The predicted octanol–water partition coefficient (Wildman–Crippen LogP) is 3.72. The van der Waals surface area contributed by atoms with Crippen molar-refractivity contribution in [1.82, 2.24) is 30.3 Å². The first-order valence-corrected chi connectivity index (χ1v) is 11.5. The summed E-state index contributed by atoms with van der Waals surface area (Å²) in [6.45, 7) is 0.553. The summed E-state index contributed by atoms with van der Waals surface area (Å²) in [4.78, 5) is 21.4. The molecule has 0 bridgehead atoms.